The highest BCUT2D eigenvalue weighted by Gasteiger charge is 2.15. The lowest BCUT2D eigenvalue weighted by atomic mass is 10.1. The molecule has 0 amide bonds. The molecule has 0 heterocycles. The van der Waals surface area contributed by atoms with Crippen LogP contribution in [0.5, 0.6) is 0 Å². The van der Waals surface area contributed by atoms with Crippen molar-refractivity contribution in [3.8, 4) is 0 Å². The molecule has 114 valence electrons. The molecule has 0 aliphatic carbocycles. The number of nitrogens with one attached hydrogen (secondary N) is 2. The van der Waals surface area contributed by atoms with E-state index in [0.29, 0.717) is 0 Å². The molecule has 1 rings (SSSR count). The van der Waals surface area contributed by atoms with Crippen LogP contribution in [-0.4, -0.2) is 36.2 Å². The Morgan fingerprint density at radius 2 is 1.70 bits per heavy atom. The minimum absolute atomic E-state index is 0.0729. The van der Waals surface area contributed by atoms with Gasteiger partial charge in [-0.15, -0.1) is 0 Å². The van der Waals surface area contributed by atoms with Gasteiger partial charge in [0.05, 0.1) is 10.6 Å². The number of sulfonamides is 2. The lowest BCUT2D eigenvalue weighted by molar-refractivity contribution is 0.578. The molecule has 7 nitrogen and oxygen atoms in total. The second-order valence-corrected chi connectivity index (χ2v) is 8.09. The molecule has 20 heavy (non-hydrogen) atoms. The third-order valence-corrected chi connectivity index (χ3v) is 5.53. The number of hydrogen-bond acceptors (Lipinski definition) is 5. The molecule has 0 bridgehead atoms. The highest BCUT2D eigenvalue weighted by Crippen LogP contribution is 2.14. The Morgan fingerprint density at radius 3 is 2.15 bits per heavy atom. The standard InChI is InChI=1S/C11H19N3O4S2/c1-9(12)10-3-5-11(6-4-10)20(17,18)14-7-8-19(15,16)13-2/h3-6,9,13-14H,7-8,12H2,1-2H3. The average Bonchev–Trinajstić information content (AvgIpc) is 2.38. The predicted molar refractivity (Wildman–Crippen MR) is 77.1 cm³/mol. The van der Waals surface area contributed by atoms with Crippen molar-refractivity contribution >= 4 is 20.0 Å². The first-order valence-electron chi connectivity index (χ1n) is 5.94. The maximum absolute atomic E-state index is 11.9. The van der Waals surface area contributed by atoms with Crippen molar-refractivity contribution < 1.29 is 16.8 Å². The Morgan fingerprint density at radius 1 is 1.15 bits per heavy atom. The molecule has 0 spiro atoms. The highest BCUT2D eigenvalue weighted by molar-refractivity contribution is 7.90. The number of nitrogens with two attached hydrogens (primary N) is 1. The number of hydrogen-bond donors (Lipinski definition) is 3. The van der Waals surface area contributed by atoms with Gasteiger partial charge in [-0.3, -0.25) is 0 Å². The quantitative estimate of drug-likeness (QED) is 0.627. The third-order valence-electron chi connectivity index (χ3n) is 2.69. The summed E-state index contributed by atoms with van der Waals surface area (Å²) in [6.45, 7) is 1.60. The normalized spacial score (nSPS) is 14.2. The summed E-state index contributed by atoms with van der Waals surface area (Å²) in [4.78, 5) is 0.0729. The van der Waals surface area contributed by atoms with Crippen molar-refractivity contribution in [3.63, 3.8) is 0 Å². The SMILES string of the molecule is CNS(=O)(=O)CCNS(=O)(=O)c1ccc(C(C)N)cc1. The van der Waals surface area contributed by atoms with E-state index in [-0.39, 0.29) is 23.2 Å². The van der Waals surface area contributed by atoms with Crippen LogP contribution in [-0.2, 0) is 20.0 Å². The van der Waals surface area contributed by atoms with E-state index in [1.54, 1.807) is 19.1 Å². The first-order chi connectivity index (χ1) is 9.18. The van der Waals surface area contributed by atoms with E-state index in [0.717, 1.165) is 5.56 Å². The van der Waals surface area contributed by atoms with Crippen molar-refractivity contribution in [2.45, 2.75) is 17.9 Å². The minimum Gasteiger partial charge on any atom is -0.324 e. The topological polar surface area (TPSA) is 118 Å². The summed E-state index contributed by atoms with van der Waals surface area (Å²) in [5.74, 6) is -0.319. The fourth-order valence-electron chi connectivity index (χ4n) is 1.45. The molecule has 1 atom stereocenters. The zero-order chi connectivity index (χ0) is 15.4. The highest BCUT2D eigenvalue weighted by atomic mass is 32.2. The van der Waals surface area contributed by atoms with Gasteiger partial charge in [0.1, 0.15) is 0 Å². The summed E-state index contributed by atoms with van der Waals surface area (Å²) in [6.07, 6.45) is 0. The van der Waals surface area contributed by atoms with Gasteiger partial charge >= 0.3 is 0 Å². The molecular formula is C11H19N3O4S2. The minimum atomic E-state index is -3.72. The average molecular weight is 321 g/mol. The Balaban J connectivity index is 2.74. The fraction of sp³-hybridized carbons (Fsp3) is 0.455. The van der Waals surface area contributed by atoms with Gasteiger partial charge in [0.2, 0.25) is 20.0 Å². The Bertz CT molecular complexity index is 637. The van der Waals surface area contributed by atoms with Crippen molar-refractivity contribution in [1.29, 1.82) is 0 Å². The first kappa shape index (κ1) is 17.1. The van der Waals surface area contributed by atoms with Crippen LogP contribution in [0.15, 0.2) is 29.2 Å². The molecular weight excluding hydrogens is 302 g/mol. The van der Waals surface area contributed by atoms with Gasteiger partial charge in [0.25, 0.3) is 0 Å². The maximum Gasteiger partial charge on any atom is 0.240 e. The second kappa shape index (κ2) is 6.64. The zero-order valence-corrected chi connectivity index (χ0v) is 13.0. The van der Waals surface area contributed by atoms with Crippen LogP contribution in [0.4, 0.5) is 0 Å². The summed E-state index contributed by atoms with van der Waals surface area (Å²) in [5.41, 5.74) is 6.50. The molecule has 1 aromatic carbocycles. The smallest absolute Gasteiger partial charge is 0.240 e. The number of benzene rings is 1. The lowest BCUT2D eigenvalue weighted by Gasteiger charge is -2.09. The Hall–Kier alpha value is -1.00. The van der Waals surface area contributed by atoms with Crippen LogP contribution in [0, 0.1) is 0 Å². The molecule has 0 fully saturated rings. The zero-order valence-electron chi connectivity index (χ0n) is 11.3. The number of rotatable bonds is 7. The van der Waals surface area contributed by atoms with E-state index < -0.39 is 20.0 Å². The van der Waals surface area contributed by atoms with Gasteiger partial charge in [-0.25, -0.2) is 26.3 Å². The molecule has 1 unspecified atom stereocenters. The third kappa shape index (κ3) is 4.84. The van der Waals surface area contributed by atoms with Gasteiger partial charge < -0.3 is 5.73 Å². The molecule has 0 aliphatic rings. The van der Waals surface area contributed by atoms with Crippen LogP contribution >= 0.6 is 0 Å². The molecule has 0 saturated carbocycles. The molecule has 0 aliphatic heterocycles. The van der Waals surface area contributed by atoms with Gasteiger partial charge in [-0.2, -0.15) is 0 Å². The van der Waals surface area contributed by atoms with Crippen LogP contribution in [0.2, 0.25) is 0 Å². The molecule has 1 aromatic rings. The molecule has 4 N–H and O–H groups in total. The monoisotopic (exact) mass is 321 g/mol. The van der Waals surface area contributed by atoms with E-state index in [2.05, 4.69) is 9.44 Å². The van der Waals surface area contributed by atoms with E-state index in [4.69, 9.17) is 5.73 Å². The predicted octanol–water partition coefficient (Wildman–Crippen LogP) is -0.466. The summed E-state index contributed by atoms with van der Waals surface area (Å²) in [6, 6.07) is 5.95. The lowest BCUT2D eigenvalue weighted by Crippen LogP contribution is -2.33. The van der Waals surface area contributed by atoms with Gasteiger partial charge in [0.15, 0.2) is 0 Å². The first-order valence-corrected chi connectivity index (χ1v) is 9.08. The van der Waals surface area contributed by atoms with E-state index in [9.17, 15) is 16.8 Å². The van der Waals surface area contributed by atoms with Crippen LogP contribution in [0.25, 0.3) is 0 Å². The molecule has 0 saturated heterocycles. The van der Waals surface area contributed by atoms with E-state index in [1.165, 1.54) is 19.2 Å². The Kier molecular flexibility index (Phi) is 5.66. The second-order valence-electron chi connectivity index (χ2n) is 4.28. The summed E-state index contributed by atoms with van der Waals surface area (Å²) < 4.78 is 50.6. The van der Waals surface area contributed by atoms with Gasteiger partial charge in [0, 0.05) is 12.6 Å². The van der Waals surface area contributed by atoms with Gasteiger partial charge in [-0.05, 0) is 31.7 Å². The molecule has 0 radical (unpaired) electrons. The molecule has 0 aromatic heterocycles. The van der Waals surface area contributed by atoms with Crippen molar-refractivity contribution in [3.05, 3.63) is 29.8 Å². The van der Waals surface area contributed by atoms with Crippen LogP contribution in [0.3, 0.4) is 0 Å². The van der Waals surface area contributed by atoms with Crippen LogP contribution < -0.4 is 15.2 Å². The molecule has 9 heteroatoms. The van der Waals surface area contributed by atoms with E-state index in [1.807, 2.05) is 0 Å². The largest absolute Gasteiger partial charge is 0.324 e. The summed E-state index contributed by atoms with van der Waals surface area (Å²) in [7, 11) is -5.88. The maximum atomic E-state index is 11.9. The fourth-order valence-corrected chi connectivity index (χ4v) is 3.18. The van der Waals surface area contributed by atoms with E-state index >= 15 is 0 Å². The van der Waals surface area contributed by atoms with Crippen molar-refractivity contribution in [1.82, 2.24) is 9.44 Å². The Labute approximate surface area is 119 Å². The van der Waals surface area contributed by atoms with Crippen molar-refractivity contribution in [2.75, 3.05) is 19.3 Å². The van der Waals surface area contributed by atoms with Crippen LogP contribution in [0.1, 0.15) is 18.5 Å². The summed E-state index contributed by atoms with van der Waals surface area (Å²) in [5, 5.41) is 0. The van der Waals surface area contributed by atoms with Gasteiger partial charge in [-0.1, -0.05) is 12.1 Å². The van der Waals surface area contributed by atoms with Crippen molar-refractivity contribution in [2.24, 2.45) is 5.73 Å². The summed E-state index contributed by atoms with van der Waals surface area (Å²) >= 11 is 0.